The van der Waals surface area contributed by atoms with E-state index in [9.17, 15) is 0 Å². The molecule has 0 radical (unpaired) electrons. The second kappa shape index (κ2) is 7.31. The molecule has 0 fully saturated rings. The number of hydrogen-bond donors (Lipinski definition) is 2. The van der Waals surface area contributed by atoms with Crippen molar-refractivity contribution in [2.24, 2.45) is 4.99 Å². The Bertz CT molecular complexity index is 424. The lowest BCUT2D eigenvalue weighted by molar-refractivity contribution is 0.522. The van der Waals surface area contributed by atoms with Crippen LogP contribution < -0.4 is 10.6 Å². The molecule has 1 aliphatic rings. The molecule has 0 bridgehead atoms. The minimum atomic E-state index is 0.396. The van der Waals surface area contributed by atoms with Gasteiger partial charge in [-0.2, -0.15) is 0 Å². The third-order valence-corrected chi connectivity index (χ3v) is 3.37. The first-order valence-corrected chi connectivity index (χ1v) is 7.78. The summed E-state index contributed by atoms with van der Waals surface area (Å²) >= 11 is 0. The van der Waals surface area contributed by atoms with Crippen LogP contribution in [0.15, 0.2) is 11.2 Å². The Hall–Kier alpha value is -1.52. The van der Waals surface area contributed by atoms with E-state index >= 15 is 0 Å². The van der Waals surface area contributed by atoms with Gasteiger partial charge in [0.15, 0.2) is 5.96 Å². The van der Waals surface area contributed by atoms with E-state index in [0.29, 0.717) is 6.04 Å². The Morgan fingerprint density at radius 3 is 3.00 bits per heavy atom. The largest absolute Gasteiger partial charge is 0.357 e. The van der Waals surface area contributed by atoms with Gasteiger partial charge in [0.1, 0.15) is 5.82 Å². The van der Waals surface area contributed by atoms with Crippen LogP contribution in [0, 0.1) is 0 Å². The smallest absolute Gasteiger partial charge is 0.191 e. The van der Waals surface area contributed by atoms with E-state index < -0.39 is 0 Å². The summed E-state index contributed by atoms with van der Waals surface area (Å²) in [5, 5.41) is 6.59. The number of guanidine groups is 1. The highest BCUT2D eigenvalue weighted by Gasteiger charge is 2.11. The predicted octanol–water partition coefficient (Wildman–Crippen LogP) is 1.73. The third-order valence-electron chi connectivity index (χ3n) is 3.37. The average molecular weight is 277 g/mol. The lowest BCUT2D eigenvalue weighted by Gasteiger charge is -2.13. The number of aliphatic imine (C=N–C) groups is 1. The molecule has 2 rings (SSSR count). The molecule has 0 saturated carbocycles. The fourth-order valence-electron chi connectivity index (χ4n) is 2.47. The van der Waals surface area contributed by atoms with Crippen LogP contribution in [0.3, 0.4) is 0 Å². The van der Waals surface area contributed by atoms with Crippen molar-refractivity contribution in [1.29, 1.82) is 0 Å². The van der Waals surface area contributed by atoms with Crippen LogP contribution in [0.5, 0.6) is 0 Å². The number of rotatable bonds is 5. The zero-order valence-electron chi connectivity index (χ0n) is 12.9. The lowest BCUT2D eigenvalue weighted by Crippen LogP contribution is -2.41. The first kappa shape index (κ1) is 14.9. The van der Waals surface area contributed by atoms with Crippen molar-refractivity contribution in [1.82, 2.24) is 20.2 Å². The molecule has 5 nitrogen and oxygen atoms in total. The molecule has 5 heteroatoms. The van der Waals surface area contributed by atoms with E-state index in [4.69, 9.17) is 4.98 Å². The highest BCUT2D eigenvalue weighted by molar-refractivity contribution is 5.79. The van der Waals surface area contributed by atoms with Gasteiger partial charge in [-0.25, -0.2) is 4.98 Å². The van der Waals surface area contributed by atoms with Gasteiger partial charge in [-0.05, 0) is 33.6 Å². The monoisotopic (exact) mass is 277 g/mol. The van der Waals surface area contributed by atoms with Gasteiger partial charge >= 0.3 is 0 Å². The molecular weight excluding hydrogens is 250 g/mol. The van der Waals surface area contributed by atoms with E-state index in [1.165, 1.54) is 24.4 Å². The van der Waals surface area contributed by atoms with Crippen molar-refractivity contribution in [3.05, 3.63) is 17.7 Å². The summed E-state index contributed by atoms with van der Waals surface area (Å²) in [5.41, 5.74) is 1.17. The molecule has 0 amide bonds. The van der Waals surface area contributed by atoms with Gasteiger partial charge in [0.2, 0.25) is 0 Å². The molecule has 112 valence electrons. The van der Waals surface area contributed by atoms with Gasteiger partial charge in [0.05, 0.1) is 5.69 Å². The molecule has 0 spiro atoms. The molecule has 0 saturated heterocycles. The Morgan fingerprint density at radius 1 is 1.45 bits per heavy atom. The molecule has 1 aromatic heterocycles. The van der Waals surface area contributed by atoms with Gasteiger partial charge < -0.3 is 15.2 Å². The first-order chi connectivity index (χ1) is 9.69. The number of aromatic nitrogens is 2. The maximum atomic E-state index is 4.71. The number of hydrogen-bond acceptors (Lipinski definition) is 2. The molecule has 0 atom stereocenters. The fourth-order valence-corrected chi connectivity index (χ4v) is 2.47. The van der Waals surface area contributed by atoms with Crippen molar-refractivity contribution < 1.29 is 0 Å². The molecule has 0 aliphatic carbocycles. The Kier molecular flexibility index (Phi) is 5.44. The minimum absolute atomic E-state index is 0.396. The van der Waals surface area contributed by atoms with Crippen molar-refractivity contribution in [3.63, 3.8) is 0 Å². The lowest BCUT2D eigenvalue weighted by atomic mass is 10.2. The van der Waals surface area contributed by atoms with Crippen LogP contribution >= 0.6 is 0 Å². The Morgan fingerprint density at radius 2 is 2.30 bits per heavy atom. The average Bonchev–Trinajstić information content (AvgIpc) is 2.80. The van der Waals surface area contributed by atoms with Crippen LogP contribution in [0.4, 0.5) is 0 Å². The zero-order chi connectivity index (χ0) is 14.4. The second-order valence-corrected chi connectivity index (χ2v) is 5.61. The summed E-state index contributed by atoms with van der Waals surface area (Å²) < 4.78 is 2.31. The summed E-state index contributed by atoms with van der Waals surface area (Å²) in [6.07, 6.45) is 6.80. The van der Waals surface area contributed by atoms with E-state index in [1.807, 2.05) is 0 Å². The summed E-state index contributed by atoms with van der Waals surface area (Å²) in [4.78, 5) is 9.31. The molecular formula is C15H27N5. The second-order valence-electron chi connectivity index (χ2n) is 5.61. The summed E-state index contributed by atoms with van der Waals surface area (Å²) in [6.45, 7) is 9.12. The highest BCUT2D eigenvalue weighted by atomic mass is 15.2. The van der Waals surface area contributed by atoms with Gasteiger partial charge in [-0.3, -0.25) is 4.99 Å². The van der Waals surface area contributed by atoms with E-state index in [-0.39, 0.29) is 0 Å². The summed E-state index contributed by atoms with van der Waals surface area (Å²) in [6, 6.07) is 0.396. The topological polar surface area (TPSA) is 54.2 Å². The normalized spacial score (nSPS) is 15.3. The summed E-state index contributed by atoms with van der Waals surface area (Å²) in [7, 11) is 0. The van der Waals surface area contributed by atoms with Gasteiger partial charge in [-0.1, -0.05) is 0 Å². The van der Waals surface area contributed by atoms with Crippen LogP contribution in [0.2, 0.25) is 0 Å². The molecule has 2 N–H and O–H groups in total. The molecule has 0 aromatic carbocycles. The SMILES string of the molecule is CCNC(=NCCc1cn2c(n1)CCCC2)NC(C)C. The van der Waals surface area contributed by atoms with Crippen LogP contribution in [0.1, 0.15) is 45.1 Å². The van der Waals surface area contributed by atoms with Crippen LogP contribution in [0.25, 0.3) is 0 Å². The fraction of sp³-hybridized carbons (Fsp3) is 0.733. The molecule has 2 heterocycles. The Balaban J connectivity index is 1.88. The third kappa shape index (κ3) is 4.25. The number of nitrogens with zero attached hydrogens (tertiary/aromatic N) is 3. The van der Waals surface area contributed by atoms with E-state index in [0.717, 1.165) is 38.4 Å². The highest BCUT2D eigenvalue weighted by Crippen LogP contribution is 2.14. The number of nitrogens with one attached hydrogen (secondary N) is 2. The first-order valence-electron chi connectivity index (χ1n) is 7.78. The van der Waals surface area contributed by atoms with Crippen LogP contribution in [-0.2, 0) is 19.4 Å². The molecule has 1 aromatic rings. The Labute approximate surface area is 121 Å². The summed E-state index contributed by atoms with van der Waals surface area (Å²) in [5.74, 6) is 2.15. The van der Waals surface area contributed by atoms with Crippen molar-refractivity contribution >= 4 is 5.96 Å². The number of fused-ring (bicyclic) bond motifs is 1. The van der Waals surface area contributed by atoms with Gasteiger partial charge in [-0.15, -0.1) is 0 Å². The number of imidazole rings is 1. The standard InChI is InChI=1S/C15H27N5/c1-4-16-15(18-12(2)3)17-9-8-13-11-20-10-6-5-7-14(20)19-13/h11-12H,4-10H2,1-3H3,(H2,16,17,18). The van der Waals surface area contributed by atoms with E-state index in [1.54, 1.807) is 0 Å². The maximum Gasteiger partial charge on any atom is 0.191 e. The van der Waals surface area contributed by atoms with Crippen molar-refractivity contribution in [3.8, 4) is 0 Å². The molecule has 20 heavy (non-hydrogen) atoms. The van der Waals surface area contributed by atoms with Gasteiger partial charge in [0, 0.05) is 44.7 Å². The van der Waals surface area contributed by atoms with Crippen LogP contribution in [-0.4, -0.2) is 34.6 Å². The number of aryl methyl sites for hydroxylation is 2. The van der Waals surface area contributed by atoms with Gasteiger partial charge in [0.25, 0.3) is 0 Å². The van der Waals surface area contributed by atoms with E-state index in [2.05, 4.69) is 47.2 Å². The van der Waals surface area contributed by atoms with Crippen molar-refractivity contribution in [2.45, 2.75) is 59.0 Å². The predicted molar refractivity (Wildman–Crippen MR) is 83.1 cm³/mol. The maximum absolute atomic E-state index is 4.71. The molecule has 0 unspecified atom stereocenters. The molecule has 1 aliphatic heterocycles. The quantitative estimate of drug-likeness (QED) is 0.636. The minimum Gasteiger partial charge on any atom is -0.357 e. The zero-order valence-corrected chi connectivity index (χ0v) is 12.9. The van der Waals surface area contributed by atoms with Crippen molar-refractivity contribution in [2.75, 3.05) is 13.1 Å².